The first-order valence-corrected chi connectivity index (χ1v) is 7.26. The average molecular weight is 290 g/mol. The maximum Gasteiger partial charge on any atom is 0.234 e. The van der Waals surface area contributed by atoms with Crippen molar-refractivity contribution in [2.45, 2.75) is 25.7 Å². The first kappa shape index (κ1) is 14.5. The summed E-state index contributed by atoms with van der Waals surface area (Å²) in [6, 6.07) is 5.71. The lowest BCUT2D eigenvalue weighted by Crippen LogP contribution is -2.15. The Balaban J connectivity index is 1.97. The van der Waals surface area contributed by atoms with Gasteiger partial charge in [-0.3, -0.25) is 9.89 Å². The summed E-state index contributed by atoms with van der Waals surface area (Å²) in [6.07, 6.45) is 0. The molecule has 1 aromatic heterocycles. The van der Waals surface area contributed by atoms with Crippen LogP contribution in [-0.4, -0.2) is 21.9 Å². The van der Waals surface area contributed by atoms with Gasteiger partial charge in [-0.2, -0.15) is 5.10 Å². The molecule has 0 spiro atoms. The van der Waals surface area contributed by atoms with E-state index in [2.05, 4.69) is 15.5 Å². The summed E-state index contributed by atoms with van der Waals surface area (Å²) in [7, 11) is 0. The SMILES string of the molecule is Cc1ccc(N)cc1SCC(=O)Nc1c(C)n[nH]c1C. The molecule has 0 saturated heterocycles. The molecule has 0 bridgehead atoms. The van der Waals surface area contributed by atoms with Crippen molar-refractivity contribution in [3.05, 3.63) is 35.2 Å². The Kier molecular flexibility index (Phi) is 4.34. The number of nitrogens with two attached hydrogens (primary N) is 1. The lowest BCUT2D eigenvalue weighted by atomic mass is 10.2. The van der Waals surface area contributed by atoms with E-state index >= 15 is 0 Å². The minimum absolute atomic E-state index is 0.0515. The van der Waals surface area contributed by atoms with Gasteiger partial charge < -0.3 is 11.1 Å². The van der Waals surface area contributed by atoms with Crippen molar-refractivity contribution in [1.82, 2.24) is 10.2 Å². The number of nitrogens with one attached hydrogen (secondary N) is 2. The summed E-state index contributed by atoms with van der Waals surface area (Å²) in [5, 5.41) is 9.77. The molecule has 2 aromatic rings. The molecule has 6 heteroatoms. The van der Waals surface area contributed by atoms with E-state index in [4.69, 9.17) is 5.73 Å². The van der Waals surface area contributed by atoms with Gasteiger partial charge in [-0.15, -0.1) is 11.8 Å². The van der Waals surface area contributed by atoms with Crippen LogP contribution in [0.25, 0.3) is 0 Å². The number of nitrogen functional groups attached to an aromatic ring is 1. The first-order chi connectivity index (χ1) is 9.47. The Morgan fingerprint density at radius 1 is 1.40 bits per heavy atom. The van der Waals surface area contributed by atoms with Crippen LogP contribution in [0.3, 0.4) is 0 Å². The standard InChI is InChI=1S/C14H18N4OS/c1-8-4-5-11(15)6-12(8)20-7-13(19)16-14-9(2)17-18-10(14)3/h4-6H,7,15H2,1-3H3,(H,16,19)(H,17,18). The molecular formula is C14H18N4OS. The summed E-state index contributed by atoms with van der Waals surface area (Å²) in [5.41, 5.74) is 10.0. The molecule has 0 atom stereocenters. The van der Waals surface area contributed by atoms with E-state index in [-0.39, 0.29) is 5.91 Å². The Hall–Kier alpha value is -1.95. The highest BCUT2D eigenvalue weighted by molar-refractivity contribution is 8.00. The molecule has 20 heavy (non-hydrogen) atoms. The number of carbonyl (C=O) groups excluding carboxylic acids is 1. The summed E-state index contributed by atoms with van der Waals surface area (Å²) < 4.78 is 0. The number of aromatic nitrogens is 2. The number of H-pyrrole nitrogens is 1. The molecule has 1 amide bonds. The molecule has 4 N–H and O–H groups in total. The third-order valence-electron chi connectivity index (χ3n) is 2.96. The minimum Gasteiger partial charge on any atom is -0.399 e. The zero-order valence-corrected chi connectivity index (χ0v) is 12.6. The largest absolute Gasteiger partial charge is 0.399 e. The van der Waals surface area contributed by atoms with Crippen LogP contribution in [0.1, 0.15) is 17.0 Å². The monoisotopic (exact) mass is 290 g/mol. The number of aromatic amines is 1. The summed E-state index contributed by atoms with van der Waals surface area (Å²) >= 11 is 1.48. The number of hydrogen-bond donors (Lipinski definition) is 3. The molecular weight excluding hydrogens is 272 g/mol. The Morgan fingerprint density at radius 3 is 2.80 bits per heavy atom. The summed E-state index contributed by atoms with van der Waals surface area (Å²) in [6.45, 7) is 5.74. The number of aryl methyl sites for hydroxylation is 3. The van der Waals surface area contributed by atoms with Crippen molar-refractivity contribution >= 4 is 29.0 Å². The van der Waals surface area contributed by atoms with Crippen LogP contribution in [0.5, 0.6) is 0 Å². The second-order valence-electron chi connectivity index (χ2n) is 4.67. The third kappa shape index (κ3) is 3.33. The average Bonchev–Trinajstić information content (AvgIpc) is 2.71. The van der Waals surface area contributed by atoms with Crippen molar-refractivity contribution in [2.75, 3.05) is 16.8 Å². The molecule has 0 fully saturated rings. The predicted molar refractivity (Wildman–Crippen MR) is 83.0 cm³/mol. The van der Waals surface area contributed by atoms with Crippen LogP contribution < -0.4 is 11.1 Å². The van der Waals surface area contributed by atoms with Gasteiger partial charge in [-0.1, -0.05) is 6.07 Å². The number of rotatable bonds is 4. The molecule has 0 aliphatic carbocycles. The van der Waals surface area contributed by atoms with E-state index in [1.165, 1.54) is 11.8 Å². The fraction of sp³-hybridized carbons (Fsp3) is 0.286. The van der Waals surface area contributed by atoms with E-state index in [1.807, 2.05) is 39.0 Å². The van der Waals surface area contributed by atoms with Crippen molar-refractivity contribution in [2.24, 2.45) is 0 Å². The minimum atomic E-state index is -0.0515. The lowest BCUT2D eigenvalue weighted by Gasteiger charge is -2.08. The van der Waals surface area contributed by atoms with Gasteiger partial charge in [0, 0.05) is 10.6 Å². The highest BCUT2D eigenvalue weighted by Crippen LogP contribution is 2.25. The highest BCUT2D eigenvalue weighted by Gasteiger charge is 2.11. The first-order valence-electron chi connectivity index (χ1n) is 6.27. The van der Waals surface area contributed by atoms with Crippen molar-refractivity contribution in [1.29, 1.82) is 0 Å². The molecule has 1 aromatic carbocycles. The Morgan fingerprint density at radius 2 is 2.15 bits per heavy atom. The van der Waals surface area contributed by atoms with E-state index in [0.29, 0.717) is 11.4 Å². The van der Waals surface area contributed by atoms with Crippen LogP contribution in [0, 0.1) is 20.8 Å². The number of nitrogens with zero attached hydrogens (tertiary/aromatic N) is 1. The van der Waals surface area contributed by atoms with Gasteiger partial charge in [0.15, 0.2) is 0 Å². The predicted octanol–water partition coefficient (Wildman–Crippen LogP) is 2.65. The number of carbonyl (C=O) groups is 1. The van der Waals surface area contributed by atoms with Crippen LogP contribution in [-0.2, 0) is 4.79 Å². The van der Waals surface area contributed by atoms with Crippen molar-refractivity contribution in [3.8, 4) is 0 Å². The number of amides is 1. The highest BCUT2D eigenvalue weighted by atomic mass is 32.2. The zero-order valence-electron chi connectivity index (χ0n) is 11.8. The van der Waals surface area contributed by atoms with Gasteiger partial charge in [0.25, 0.3) is 0 Å². The second kappa shape index (κ2) is 6.00. The summed E-state index contributed by atoms with van der Waals surface area (Å²) in [4.78, 5) is 13.0. The second-order valence-corrected chi connectivity index (χ2v) is 5.69. The smallest absolute Gasteiger partial charge is 0.234 e. The quantitative estimate of drug-likeness (QED) is 0.597. The molecule has 1 heterocycles. The topological polar surface area (TPSA) is 83.8 Å². The van der Waals surface area contributed by atoms with Gasteiger partial charge in [0.2, 0.25) is 5.91 Å². The lowest BCUT2D eigenvalue weighted by molar-refractivity contribution is -0.113. The Bertz CT molecular complexity index is 617. The number of hydrogen-bond acceptors (Lipinski definition) is 4. The molecule has 0 unspecified atom stereocenters. The van der Waals surface area contributed by atoms with Gasteiger partial charge in [0.1, 0.15) is 0 Å². The number of benzene rings is 1. The Labute approximate surface area is 122 Å². The fourth-order valence-electron chi connectivity index (χ4n) is 1.83. The maximum atomic E-state index is 12.0. The number of thioether (sulfide) groups is 1. The van der Waals surface area contributed by atoms with E-state index in [1.54, 1.807) is 0 Å². The molecule has 0 aliphatic heterocycles. The zero-order chi connectivity index (χ0) is 14.7. The van der Waals surface area contributed by atoms with E-state index in [0.717, 1.165) is 27.5 Å². The van der Waals surface area contributed by atoms with Crippen LogP contribution in [0.15, 0.2) is 23.1 Å². The molecule has 0 radical (unpaired) electrons. The van der Waals surface area contributed by atoms with Crippen molar-refractivity contribution in [3.63, 3.8) is 0 Å². The van der Waals surface area contributed by atoms with Crippen molar-refractivity contribution < 1.29 is 4.79 Å². The summed E-state index contributed by atoms with van der Waals surface area (Å²) in [5.74, 6) is 0.290. The van der Waals surface area contributed by atoms with Gasteiger partial charge in [-0.25, -0.2) is 0 Å². The maximum absolute atomic E-state index is 12.0. The molecule has 0 saturated carbocycles. The van der Waals surface area contributed by atoms with Crippen LogP contribution in [0.4, 0.5) is 11.4 Å². The molecule has 2 rings (SSSR count). The van der Waals surface area contributed by atoms with E-state index in [9.17, 15) is 4.79 Å². The van der Waals surface area contributed by atoms with Crippen LogP contribution in [0.2, 0.25) is 0 Å². The van der Waals surface area contributed by atoms with Gasteiger partial charge in [0.05, 0.1) is 22.8 Å². The molecule has 5 nitrogen and oxygen atoms in total. The molecule has 0 aliphatic rings. The van der Waals surface area contributed by atoms with E-state index < -0.39 is 0 Å². The number of anilines is 2. The van der Waals surface area contributed by atoms with Gasteiger partial charge >= 0.3 is 0 Å². The third-order valence-corrected chi connectivity index (χ3v) is 4.12. The fourth-order valence-corrected chi connectivity index (χ4v) is 2.70. The molecule has 106 valence electrons. The van der Waals surface area contributed by atoms with Crippen LogP contribution >= 0.6 is 11.8 Å². The van der Waals surface area contributed by atoms with Gasteiger partial charge in [-0.05, 0) is 38.5 Å². The normalized spacial score (nSPS) is 10.6.